The quantitative estimate of drug-likeness (QED) is 0.727. The molecule has 0 aromatic rings. The first-order valence-corrected chi connectivity index (χ1v) is 11.9. The van der Waals surface area contributed by atoms with Gasteiger partial charge in [0.25, 0.3) is 0 Å². The molecule has 3 rings (SSSR count). The maximum Gasteiger partial charge on any atom is 0.410 e. The second kappa shape index (κ2) is 9.53. The normalized spacial score (nSPS) is 27.4. The molecule has 0 aliphatic carbocycles. The number of nitrogens with one attached hydrogen (secondary N) is 1. The van der Waals surface area contributed by atoms with Crippen LogP contribution < -0.4 is 5.32 Å². The van der Waals surface area contributed by atoms with Crippen LogP contribution in [0.5, 0.6) is 0 Å². The predicted molar refractivity (Wildman–Crippen MR) is 120 cm³/mol. The Morgan fingerprint density at radius 2 is 1.35 bits per heavy atom. The summed E-state index contributed by atoms with van der Waals surface area (Å²) < 4.78 is 11.1. The molecule has 2 atom stereocenters. The van der Waals surface area contributed by atoms with Crippen molar-refractivity contribution < 1.29 is 19.1 Å². The molecule has 8 nitrogen and oxygen atoms in total. The largest absolute Gasteiger partial charge is 0.444 e. The van der Waals surface area contributed by atoms with E-state index in [2.05, 4.69) is 10.2 Å². The minimum absolute atomic E-state index is 0.152. The van der Waals surface area contributed by atoms with Crippen LogP contribution in [0.4, 0.5) is 9.59 Å². The first-order chi connectivity index (χ1) is 14.4. The summed E-state index contributed by atoms with van der Waals surface area (Å²) in [5.74, 6) is 0. The van der Waals surface area contributed by atoms with Crippen molar-refractivity contribution in [1.82, 2.24) is 20.0 Å². The third kappa shape index (κ3) is 6.97. The molecule has 0 saturated carbocycles. The Kier molecular flexibility index (Phi) is 7.41. The van der Waals surface area contributed by atoms with Crippen LogP contribution in [0, 0.1) is 0 Å². The predicted octanol–water partition coefficient (Wildman–Crippen LogP) is 3.06. The number of carbonyl (C=O) groups is 2. The Labute approximate surface area is 187 Å². The van der Waals surface area contributed by atoms with E-state index in [1.165, 1.54) is 0 Å². The summed E-state index contributed by atoms with van der Waals surface area (Å²) in [6, 6.07) is 1.05. The number of hydrogen-bond donors (Lipinski definition) is 1. The molecule has 31 heavy (non-hydrogen) atoms. The molecule has 0 aromatic heterocycles. The molecule has 3 fully saturated rings. The molecule has 0 spiro atoms. The fourth-order valence-corrected chi connectivity index (χ4v) is 4.86. The monoisotopic (exact) mass is 438 g/mol. The number of rotatable bonds is 4. The zero-order valence-electron chi connectivity index (χ0n) is 20.3. The van der Waals surface area contributed by atoms with Crippen molar-refractivity contribution in [3.63, 3.8) is 0 Å². The SMILES string of the molecule is CC(C)(C)OC(=O)N1CCN(CCNC2CC3CCC(C2)N3C(=O)OC(C)(C)C)CC1. The lowest BCUT2D eigenvalue weighted by Crippen LogP contribution is -2.54. The lowest BCUT2D eigenvalue weighted by atomic mass is 9.97. The number of nitrogens with zero attached hydrogens (tertiary/aromatic N) is 3. The lowest BCUT2D eigenvalue weighted by molar-refractivity contribution is 0.00463. The maximum absolute atomic E-state index is 12.6. The number of piperidine rings is 1. The van der Waals surface area contributed by atoms with Crippen LogP contribution in [-0.4, -0.2) is 95.5 Å². The van der Waals surface area contributed by atoms with Gasteiger partial charge in [-0.3, -0.25) is 4.90 Å². The van der Waals surface area contributed by atoms with Crippen LogP contribution in [-0.2, 0) is 9.47 Å². The Balaban J connectivity index is 1.36. The van der Waals surface area contributed by atoms with E-state index in [-0.39, 0.29) is 12.2 Å². The van der Waals surface area contributed by atoms with Crippen LogP contribution in [0.3, 0.4) is 0 Å². The number of fused-ring (bicyclic) bond motifs is 2. The van der Waals surface area contributed by atoms with Crippen LogP contribution >= 0.6 is 0 Å². The molecular formula is C23H42N4O4. The Morgan fingerprint density at radius 3 is 1.87 bits per heavy atom. The highest BCUT2D eigenvalue weighted by Gasteiger charge is 2.44. The molecule has 0 radical (unpaired) electrons. The van der Waals surface area contributed by atoms with Gasteiger partial charge in [0.05, 0.1) is 0 Å². The van der Waals surface area contributed by atoms with Gasteiger partial charge in [-0.25, -0.2) is 9.59 Å². The smallest absolute Gasteiger partial charge is 0.410 e. The van der Waals surface area contributed by atoms with Gasteiger partial charge in [-0.2, -0.15) is 0 Å². The first-order valence-electron chi connectivity index (χ1n) is 11.9. The zero-order chi connectivity index (χ0) is 22.8. The number of amides is 2. The summed E-state index contributed by atoms with van der Waals surface area (Å²) >= 11 is 0. The van der Waals surface area contributed by atoms with Crippen molar-refractivity contribution in [3.8, 4) is 0 Å². The number of hydrogen-bond acceptors (Lipinski definition) is 6. The van der Waals surface area contributed by atoms with Crippen molar-refractivity contribution in [2.45, 2.75) is 96.6 Å². The lowest BCUT2D eigenvalue weighted by Gasteiger charge is -2.40. The van der Waals surface area contributed by atoms with Gasteiger partial charge in [-0.1, -0.05) is 0 Å². The minimum Gasteiger partial charge on any atom is -0.444 e. The highest BCUT2D eigenvalue weighted by Crippen LogP contribution is 2.36. The fourth-order valence-electron chi connectivity index (χ4n) is 4.86. The number of carbonyl (C=O) groups excluding carboxylic acids is 2. The number of piperazine rings is 1. The average Bonchev–Trinajstić information content (AvgIpc) is 2.90. The molecule has 0 aromatic carbocycles. The Hall–Kier alpha value is -1.54. The summed E-state index contributed by atoms with van der Waals surface area (Å²) in [6.07, 6.45) is 3.80. The third-order valence-electron chi connectivity index (χ3n) is 6.22. The first kappa shape index (κ1) is 24.1. The molecule has 2 amide bonds. The summed E-state index contributed by atoms with van der Waals surface area (Å²) in [4.78, 5) is 31.0. The molecular weight excluding hydrogens is 396 g/mol. The fraction of sp³-hybridized carbons (Fsp3) is 0.913. The van der Waals surface area contributed by atoms with E-state index < -0.39 is 11.2 Å². The van der Waals surface area contributed by atoms with Gasteiger partial charge in [-0.15, -0.1) is 0 Å². The van der Waals surface area contributed by atoms with Crippen molar-refractivity contribution in [1.29, 1.82) is 0 Å². The van der Waals surface area contributed by atoms with E-state index in [4.69, 9.17) is 9.47 Å². The van der Waals surface area contributed by atoms with Crippen LogP contribution in [0.15, 0.2) is 0 Å². The molecule has 3 aliphatic rings. The summed E-state index contributed by atoms with van der Waals surface area (Å²) in [7, 11) is 0. The van der Waals surface area contributed by atoms with E-state index in [9.17, 15) is 9.59 Å². The molecule has 3 saturated heterocycles. The van der Waals surface area contributed by atoms with E-state index in [0.29, 0.717) is 31.2 Å². The molecule has 2 bridgehead atoms. The summed E-state index contributed by atoms with van der Waals surface area (Å²) in [6.45, 7) is 16.6. The molecule has 3 heterocycles. The minimum atomic E-state index is -0.448. The van der Waals surface area contributed by atoms with Crippen molar-refractivity contribution in [3.05, 3.63) is 0 Å². The molecule has 2 unspecified atom stereocenters. The second-order valence-electron chi connectivity index (χ2n) is 11.2. The average molecular weight is 439 g/mol. The highest BCUT2D eigenvalue weighted by atomic mass is 16.6. The van der Waals surface area contributed by atoms with Crippen molar-refractivity contribution in [2.24, 2.45) is 0 Å². The third-order valence-corrected chi connectivity index (χ3v) is 6.22. The van der Waals surface area contributed by atoms with Crippen LogP contribution in [0.25, 0.3) is 0 Å². The van der Waals surface area contributed by atoms with Crippen LogP contribution in [0.1, 0.15) is 67.2 Å². The van der Waals surface area contributed by atoms with Gasteiger partial charge in [0.2, 0.25) is 0 Å². The molecule has 3 aliphatic heterocycles. The van der Waals surface area contributed by atoms with Gasteiger partial charge in [0, 0.05) is 57.4 Å². The zero-order valence-corrected chi connectivity index (χ0v) is 20.3. The van der Waals surface area contributed by atoms with E-state index in [0.717, 1.165) is 51.9 Å². The highest BCUT2D eigenvalue weighted by molar-refractivity contribution is 5.69. The van der Waals surface area contributed by atoms with Gasteiger partial charge in [-0.05, 0) is 67.2 Å². The van der Waals surface area contributed by atoms with Gasteiger partial charge in [0.15, 0.2) is 0 Å². The van der Waals surface area contributed by atoms with Gasteiger partial charge < -0.3 is 24.6 Å². The van der Waals surface area contributed by atoms with E-state index in [1.54, 1.807) is 4.90 Å². The van der Waals surface area contributed by atoms with Gasteiger partial charge in [0.1, 0.15) is 11.2 Å². The second-order valence-corrected chi connectivity index (χ2v) is 11.2. The summed E-state index contributed by atoms with van der Waals surface area (Å²) in [5.41, 5.74) is -0.893. The van der Waals surface area contributed by atoms with E-state index in [1.807, 2.05) is 46.4 Å². The number of ether oxygens (including phenoxy) is 2. The topological polar surface area (TPSA) is 74.4 Å². The maximum atomic E-state index is 12.6. The van der Waals surface area contributed by atoms with Crippen molar-refractivity contribution in [2.75, 3.05) is 39.3 Å². The molecule has 1 N–H and O–H groups in total. The standard InChI is InChI=1S/C23H42N4O4/c1-22(2,3)30-20(28)26-13-11-25(12-14-26)10-9-24-17-15-18-7-8-19(16-17)27(18)21(29)31-23(4,5)6/h17-19,24H,7-16H2,1-6H3. The van der Waals surface area contributed by atoms with E-state index >= 15 is 0 Å². The Bertz CT molecular complexity index is 620. The molecule has 8 heteroatoms. The Morgan fingerprint density at radius 1 is 0.839 bits per heavy atom. The molecule has 178 valence electrons. The van der Waals surface area contributed by atoms with Crippen molar-refractivity contribution >= 4 is 12.2 Å². The summed E-state index contributed by atoms with van der Waals surface area (Å²) in [5, 5.41) is 3.72. The van der Waals surface area contributed by atoms with Gasteiger partial charge >= 0.3 is 12.2 Å². The van der Waals surface area contributed by atoms with Crippen LogP contribution in [0.2, 0.25) is 0 Å².